The summed E-state index contributed by atoms with van der Waals surface area (Å²) in [5, 5.41) is 11.9. The van der Waals surface area contributed by atoms with Gasteiger partial charge in [0.05, 0.1) is 6.54 Å². The molecule has 3 heterocycles. The number of amides is 1. The molecule has 2 aromatic rings. The number of hydrogen-bond acceptors (Lipinski definition) is 5. The minimum absolute atomic E-state index is 0.0983. The Morgan fingerprint density at radius 3 is 3.18 bits per heavy atom. The number of carbonyl (C=O) groups excluding carboxylic acids is 1. The molecule has 0 aliphatic carbocycles. The SMILES string of the molecule is O=C(CCCCC1CCSS1)NCc1nnc2ccccn12. The third-order valence-electron chi connectivity index (χ3n) is 3.74. The fraction of sp³-hybridized carbons (Fsp3) is 0.533. The van der Waals surface area contributed by atoms with Gasteiger partial charge in [0, 0.05) is 23.6 Å². The van der Waals surface area contributed by atoms with Crippen LogP contribution in [-0.2, 0) is 11.3 Å². The Balaban J connectivity index is 1.37. The summed E-state index contributed by atoms with van der Waals surface area (Å²) in [6.45, 7) is 0.430. The molecule has 1 fully saturated rings. The molecule has 1 aliphatic rings. The molecule has 0 bridgehead atoms. The van der Waals surface area contributed by atoms with Crippen molar-refractivity contribution in [2.75, 3.05) is 5.75 Å². The summed E-state index contributed by atoms with van der Waals surface area (Å²) in [6, 6.07) is 5.76. The van der Waals surface area contributed by atoms with Crippen LogP contribution in [0.25, 0.3) is 5.65 Å². The monoisotopic (exact) mass is 336 g/mol. The Labute approximate surface area is 138 Å². The highest BCUT2D eigenvalue weighted by Gasteiger charge is 2.15. The number of unbranched alkanes of at least 4 members (excludes halogenated alkanes) is 1. The maximum absolute atomic E-state index is 11.9. The van der Waals surface area contributed by atoms with E-state index in [1.807, 2.05) is 50.4 Å². The standard InChI is InChI=1S/C15H20N4OS2/c20-15(7-2-1-5-12-8-10-21-22-12)16-11-14-18-17-13-6-3-4-9-19(13)14/h3-4,6,9,12H,1-2,5,7-8,10-11H2,(H,16,20). The molecule has 22 heavy (non-hydrogen) atoms. The maximum Gasteiger partial charge on any atom is 0.220 e. The van der Waals surface area contributed by atoms with Crippen LogP contribution in [-0.4, -0.2) is 31.5 Å². The smallest absolute Gasteiger partial charge is 0.220 e. The van der Waals surface area contributed by atoms with Crippen LogP contribution in [0.1, 0.15) is 37.9 Å². The van der Waals surface area contributed by atoms with Crippen molar-refractivity contribution in [1.82, 2.24) is 19.9 Å². The number of aromatic nitrogens is 3. The first kappa shape index (κ1) is 15.7. The van der Waals surface area contributed by atoms with E-state index in [0.717, 1.165) is 29.6 Å². The zero-order chi connectivity index (χ0) is 15.2. The van der Waals surface area contributed by atoms with Crippen molar-refractivity contribution in [3.8, 4) is 0 Å². The van der Waals surface area contributed by atoms with Gasteiger partial charge in [-0.3, -0.25) is 9.20 Å². The summed E-state index contributed by atoms with van der Waals surface area (Å²) in [5.41, 5.74) is 0.804. The molecule has 1 aliphatic heterocycles. The third-order valence-corrected chi connectivity index (χ3v) is 6.74. The number of hydrogen-bond donors (Lipinski definition) is 1. The van der Waals surface area contributed by atoms with Crippen LogP contribution in [0.3, 0.4) is 0 Å². The molecular formula is C15H20N4OS2. The summed E-state index contributed by atoms with van der Waals surface area (Å²) in [6.07, 6.45) is 7.17. The van der Waals surface area contributed by atoms with E-state index in [2.05, 4.69) is 15.5 Å². The van der Waals surface area contributed by atoms with E-state index in [0.29, 0.717) is 13.0 Å². The first-order valence-corrected chi connectivity index (χ1v) is 10.0. The summed E-state index contributed by atoms with van der Waals surface area (Å²) in [7, 11) is 3.99. The van der Waals surface area contributed by atoms with Crippen molar-refractivity contribution in [3.63, 3.8) is 0 Å². The molecule has 0 aromatic carbocycles. The molecule has 2 aromatic heterocycles. The van der Waals surface area contributed by atoms with Gasteiger partial charge in [-0.15, -0.1) is 10.2 Å². The Morgan fingerprint density at radius 1 is 1.36 bits per heavy atom. The Kier molecular flexibility index (Phi) is 5.61. The summed E-state index contributed by atoms with van der Waals surface area (Å²) in [4.78, 5) is 11.9. The van der Waals surface area contributed by atoms with E-state index in [1.54, 1.807) is 0 Å². The molecular weight excluding hydrogens is 316 g/mol. The van der Waals surface area contributed by atoms with Gasteiger partial charge in [-0.1, -0.05) is 34.1 Å². The predicted molar refractivity (Wildman–Crippen MR) is 91.8 cm³/mol. The third kappa shape index (κ3) is 4.16. The van der Waals surface area contributed by atoms with Gasteiger partial charge in [-0.2, -0.15) is 0 Å². The minimum atomic E-state index is 0.0983. The summed E-state index contributed by atoms with van der Waals surface area (Å²) >= 11 is 0. The van der Waals surface area contributed by atoms with E-state index >= 15 is 0 Å². The van der Waals surface area contributed by atoms with Gasteiger partial charge in [-0.25, -0.2) is 0 Å². The molecule has 118 valence electrons. The molecule has 3 rings (SSSR count). The maximum atomic E-state index is 11.9. The van der Waals surface area contributed by atoms with E-state index in [4.69, 9.17) is 0 Å². The Morgan fingerprint density at radius 2 is 2.32 bits per heavy atom. The number of nitrogens with zero attached hydrogens (tertiary/aromatic N) is 3. The van der Waals surface area contributed by atoms with E-state index in [-0.39, 0.29) is 5.91 Å². The average molecular weight is 336 g/mol. The van der Waals surface area contributed by atoms with Gasteiger partial charge in [0.25, 0.3) is 0 Å². The van der Waals surface area contributed by atoms with Crippen molar-refractivity contribution < 1.29 is 4.79 Å². The second kappa shape index (κ2) is 7.87. The Bertz CT molecular complexity index is 625. The average Bonchev–Trinajstić information content (AvgIpc) is 3.19. The van der Waals surface area contributed by atoms with Gasteiger partial charge in [0.2, 0.25) is 5.91 Å². The van der Waals surface area contributed by atoms with Crippen LogP contribution in [0.15, 0.2) is 24.4 Å². The van der Waals surface area contributed by atoms with E-state index < -0.39 is 0 Å². The summed E-state index contributed by atoms with van der Waals surface area (Å²) < 4.78 is 1.90. The van der Waals surface area contributed by atoms with Crippen molar-refractivity contribution in [3.05, 3.63) is 30.2 Å². The first-order valence-electron chi connectivity index (χ1n) is 7.66. The molecule has 5 nitrogen and oxygen atoms in total. The Hall–Kier alpha value is -1.21. The van der Waals surface area contributed by atoms with Crippen LogP contribution >= 0.6 is 21.6 Å². The van der Waals surface area contributed by atoms with Gasteiger partial charge < -0.3 is 5.32 Å². The highest BCUT2D eigenvalue weighted by molar-refractivity contribution is 8.77. The molecule has 1 N–H and O–H groups in total. The molecule has 0 saturated carbocycles. The lowest BCUT2D eigenvalue weighted by molar-refractivity contribution is -0.121. The minimum Gasteiger partial charge on any atom is -0.349 e. The zero-order valence-corrected chi connectivity index (χ0v) is 14.0. The highest BCUT2D eigenvalue weighted by atomic mass is 33.1. The van der Waals surface area contributed by atoms with Gasteiger partial charge in [-0.05, 0) is 31.4 Å². The zero-order valence-electron chi connectivity index (χ0n) is 12.4. The van der Waals surface area contributed by atoms with Crippen molar-refractivity contribution >= 4 is 33.1 Å². The van der Waals surface area contributed by atoms with Crippen LogP contribution in [0.5, 0.6) is 0 Å². The normalized spacial score (nSPS) is 17.9. The van der Waals surface area contributed by atoms with E-state index in [1.165, 1.54) is 18.6 Å². The number of carbonyl (C=O) groups is 1. The van der Waals surface area contributed by atoms with Crippen molar-refractivity contribution in [1.29, 1.82) is 0 Å². The lowest BCUT2D eigenvalue weighted by atomic mass is 10.1. The lowest BCUT2D eigenvalue weighted by Crippen LogP contribution is -2.23. The number of fused-ring (bicyclic) bond motifs is 1. The number of rotatable bonds is 7. The second-order valence-electron chi connectivity index (χ2n) is 5.40. The van der Waals surface area contributed by atoms with Gasteiger partial charge in [0.15, 0.2) is 11.5 Å². The largest absolute Gasteiger partial charge is 0.349 e. The highest BCUT2D eigenvalue weighted by Crippen LogP contribution is 2.39. The van der Waals surface area contributed by atoms with Gasteiger partial charge >= 0.3 is 0 Å². The summed E-state index contributed by atoms with van der Waals surface area (Å²) in [5.74, 6) is 2.15. The molecule has 1 unspecified atom stereocenters. The molecule has 1 saturated heterocycles. The van der Waals surface area contributed by atoms with Crippen LogP contribution in [0.4, 0.5) is 0 Å². The van der Waals surface area contributed by atoms with Crippen molar-refractivity contribution in [2.24, 2.45) is 0 Å². The van der Waals surface area contributed by atoms with Crippen LogP contribution in [0.2, 0.25) is 0 Å². The molecule has 1 amide bonds. The second-order valence-corrected chi connectivity index (χ2v) is 8.18. The fourth-order valence-electron chi connectivity index (χ4n) is 2.50. The molecule has 7 heteroatoms. The molecule has 1 atom stereocenters. The fourth-order valence-corrected chi connectivity index (χ4v) is 5.53. The number of pyridine rings is 1. The van der Waals surface area contributed by atoms with Crippen molar-refractivity contribution in [2.45, 2.75) is 43.9 Å². The van der Waals surface area contributed by atoms with E-state index in [9.17, 15) is 4.79 Å². The number of nitrogens with one attached hydrogen (secondary N) is 1. The van der Waals surface area contributed by atoms with Gasteiger partial charge in [0.1, 0.15) is 0 Å². The van der Waals surface area contributed by atoms with Crippen LogP contribution in [0, 0.1) is 0 Å². The lowest BCUT2D eigenvalue weighted by Gasteiger charge is -2.07. The molecule has 0 radical (unpaired) electrons. The first-order chi connectivity index (χ1) is 10.8. The predicted octanol–water partition coefficient (Wildman–Crippen LogP) is 3.06. The molecule has 0 spiro atoms. The quantitative estimate of drug-likeness (QED) is 0.622. The topological polar surface area (TPSA) is 59.3 Å². The van der Waals surface area contributed by atoms with Crippen LogP contribution < -0.4 is 5.32 Å².